The normalized spacial score (nSPS) is 17.7. The van der Waals surface area contributed by atoms with Crippen molar-refractivity contribution in [1.29, 1.82) is 0 Å². The van der Waals surface area contributed by atoms with E-state index in [0.29, 0.717) is 71.2 Å². The van der Waals surface area contributed by atoms with Crippen LogP contribution in [0.15, 0.2) is 41.3 Å². The fraction of sp³-hybridized carbons (Fsp3) is 0.625. The summed E-state index contributed by atoms with van der Waals surface area (Å²) in [5.41, 5.74) is 3.81. The monoisotopic (exact) mass is 887 g/mol. The zero-order chi connectivity index (χ0) is 41.2. The summed E-state index contributed by atoms with van der Waals surface area (Å²) in [5.74, 6) is 0.436. The van der Waals surface area contributed by atoms with Crippen LogP contribution in [0.5, 0.6) is 0 Å². The number of hydrogen-bond acceptors (Lipinski definition) is 12. The van der Waals surface area contributed by atoms with E-state index in [1.54, 1.807) is 18.9 Å². The lowest BCUT2D eigenvalue weighted by atomic mass is 9.77. The largest absolute Gasteiger partial charge is 0.461 e. The van der Waals surface area contributed by atoms with Crippen LogP contribution in [0.4, 0.5) is 5.82 Å². The lowest BCUT2D eigenvalue weighted by molar-refractivity contribution is -0.181. The van der Waals surface area contributed by atoms with Crippen molar-refractivity contribution >= 4 is 49.5 Å². The Balaban J connectivity index is 1.54. The molecule has 0 aliphatic heterocycles. The summed E-state index contributed by atoms with van der Waals surface area (Å²) in [5, 5.41) is 9.46. The highest BCUT2D eigenvalue weighted by atomic mass is 79.9. The number of carbonyl (C=O) groups excluding carboxylic acids is 1. The highest BCUT2D eigenvalue weighted by molar-refractivity contribution is 9.10. The average Bonchev–Trinajstić information content (AvgIpc) is 3.80. The minimum atomic E-state index is -1.32. The molecular formula is C40H62BrN7O7Si2. The number of esters is 1. The number of anilines is 1. The Morgan fingerprint density at radius 1 is 0.877 bits per heavy atom. The Bertz CT molecular complexity index is 1870. The van der Waals surface area contributed by atoms with E-state index in [4.69, 9.17) is 43.5 Å². The van der Waals surface area contributed by atoms with Gasteiger partial charge in [0.05, 0.1) is 41.9 Å². The molecule has 5 rings (SSSR count). The van der Waals surface area contributed by atoms with E-state index in [0.717, 1.165) is 50.6 Å². The van der Waals surface area contributed by atoms with Crippen molar-refractivity contribution in [2.45, 2.75) is 88.6 Å². The fourth-order valence-electron chi connectivity index (χ4n) is 6.68. The smallest absolute Gasteiger partial charge is 0.338 e. The molecule has 0 unspecified atom stereocenters. The van der Waals surface area contributed by atoms with E-state index in [2.05, 4.69) is 65.2 Å². The molecule has 4 heterocycles. The number of aryl methyl sites for hydroxylation is 1. The van der Waals surface area contributed by atoms with Crippen molar-refractivity contribution in [2.24, 2.45) is 7.05 Å². The van der Waals surface area contributed by atoms with Gasteiger partial charge in [0.15, 0.2) is 17.1 Å². The van der Waals surface area contributed by atoms with Crippen molar-refractivity contribution in [2.75, 3.05) is 72.2 Å². The number of pyridine rings is 1. The topological polar surface area (TPSA) is 137 Å². The van der Waals surface area contributed by atoms with Crippen LogP contribution in [0.1, 0.15) is 37.3 Å². The highest BCUT2D eigenvalue weighted by Gasteiger charge is 2.45. The molecule has 0 radical (unpaired) electrons. The van der Waals surface area contributed by atoms with Crippen LogP contribution in [0.2, 0.25) is 51.4 Å². The molecule has 0 aromatic carbocycles. The quantitative estimate of drug-likeness (QED) is 0.0332. The number of fused-ring (bicyclic) bond motifs is 1. The van der Waals surface area contributed by atoms with Crippen molar-refractivity contribution in [3.05, 3.63) is 47.0 Å². The van der Waals surface area contributed by atoms with Crippen molar-refractivity contribution < 1.29 is 33.2 Å². The molecule has 4 aromatic heterocycles. The van der Waals surface area contributed by atoms with Gasteiger partial charge in [0.2, 0.25) is 0 Å². The van der Waals surface area contributed by atoms with Crippen LogP contribution in [-0.2, 0) is 40.3 Å². The number of carbonyl (C=O) groups is 1. The number of nitrogens with zero attached hydrogens (tertiary/aromatic N) is 7. The summed E-state index contributed by atoms with van der Waals surface area (Å²) >= 11 is 4.04. The lowest BCUT2D eigenvalue weighted by Gasteiger charge is -2.38. The maximum Gasteiger partial charge on any atom is 0.338 e. The molecule has 1 fully saturated rings. The highest BCUT2D eigenvalue weighted by Crippen LogP contribution is 2.45. The van der Waals surface area contributed by atoms with Gasteiger partial charge in [-0.15, -0.1) is 0 Å². The summed E-state index contributed by atoms with van der Waals surface area (Å²) in [7, 11) is 2.45. The van der Waals surface area contributed by atoms with Gasteiger partial charge in [-0.2, -0.15) is 14.7 Å². The lowest BCUT2D eigenvalue weighted by Crippen LogP contribution is -2.46. The zero-order valence-electron chi connectivity index (χ0n) is 35.3. The Kier molecular flexibility index (Phi) is 16.0. The molecule has 4 aromatic rings. The molecule has 57 heavy (non-hydrogen) atoms. The standard InChI is InChI=1S/C40H62BrN7O7Si2/c1-46-17-14-34(45-46)33-11-10-31(26-42-33)32-27-43-48-37(32)44-36(30-12-15-40(16-13-30,55-21-19-51-3)39(49)54-20-18-50-2)35(41)38(48)47(28-52-22-24-56(4,5)6)29-53-23-25-57(7,8)9/h10-11,14,17,26-27,30H,12-13,15-16,18-25,28-29H2,1-9H3. The van der Waals surface area contributed by atoms with Gasteiger partial charge in [-0.05, 0) is 65.8 Å². The molecule has 0 amide bonds. The molecule has 0 spiro atoms. The zero-order valence-corrected chi connectivity index (χ0v) is 38.9. The van der Waals surface area contributed by atoms with Gasteiger partial charge in [0, 0.05) is 80.1 Å². The maximum atomic E-state index is 13.6. The number of halogens is 1. The third-order valence-corrected chi connectivity index (χ3v) is 14.3. The number of ether oxygens (including phenoxy) is 6. The molecule has 0 saturated heterocycles. The van der Waals surface area contributed by atoms with Crippen molar-refractivity contribution in [3.8, 4) is 22.5 Å². The molecule has 1 aliphatic rings. The van der Waals surface area contributed by atoms with Crippen molar-refractivity contribution in [3.63, 3.8) is 0 Å². The Morgan fingerprint density at radius 2 is 1.53 bits per heavy atom. The molecule has 0 bridgehead atoms. The summed E-state index contributed by atoms with van der Waals surface area (Å²) in [6.45, 7) is 17.2. The second-order valence-corrected chi connectivity index (χ2v) is 29.2. The van der Waals surface area contributed by atoms with E-state index in [1.807, 2.05) is 48.4 Å². The first-order valence-corrected chi connectivity index (χ1v) is 28.1. The molecule has 0 N–H and O–H groups in total. The van der Waals surface area contributed by atoms with Crippen LogP contribution < -0.4 is 4.90 Å². The molecule has 1 saturated carbocycles. The van der Waals surface area contributed by atoms with Crippen LogP contribution >= 0.6 is 15.9 Å². The van der Waals surface area contributed by atoms with Gasteiger partial charge in [-0.25, -0.2) is 9.78 Å². The van der Waals surface area contributed by atoms with Crippen LogP contribution in [0.25, 0.3) is 28.2 Å². The Morgan fingerprint density at radius 3 is 2.09 bits per heavy atom. The summed E-state index contributed by atoms with van der Waals surface area (Å²) in [4.78, 5) is 25.8. The van der Waals surface area contributed by atoms with Gasteiger partial charge in [-0.1, -0.05) is 45.3 Å². The number of aromatic nitrogens is 6. The average molecular weight is 889 g/mol. The molecule has 17 heteroatoms. The Hall–Kier alpha value is -3.04. The van der Waals surface area contributed by atoms with E-state index < -0.39 is 21.7 Å². The Labute approximate surface area is 348 Å². The second kappa shape index (κ2) is 20.3. The third-order valence-electron chi connectivity index (χ3n) is 10.2. The predicted molar refractivity (Wildman–Crippen MR) is 231 cm³/mol. The minimum Gasteiger partial charge on any atom is -0.461 e. The SMILES string of the molecule is COCCOC(=O)C1(OCCOC)CCC(c2nc3c(-c4ccc(-c5ccn(C)n5)nc4)cnn3c(N(COCC[Si](C)(C)C)COCC[Si](C)(C)C)c2Br)CC1. The van der Waals surface area contributed by atoms with Crippen LogP contribution in [0.3, 0.4) is 0 Å². The van der Waals surface area contributed by atoms with Gasteiger partial charge >= 0.3 is 5.97 Å². The van der Waals surface area contributed by atoms with Gasteiger partial charge in [-0.3, -0.25) is 9.67 Å². The third kappa shape index (κ3) is 12.3. The number of hydrogen-bond donors (Lipinski definition) is 0. The first-order chi connectivity index (χ1) is 27.1. The van der Waals surface area contributed by atoms with E-state index >= 15 is 0 Å². The van der Waals surface area contributed by atoms with E-state index in [-0.39, 0.29) is 25.1 Å². The molecule has 314 valence electrons. The summed E-state index contributed by atoms with van der Waals surface area (Å²) in [6, 6.07) is 8.06. The van der Waals surface area contributed by atoms with Gasteiger partial charge in [0.1, 0.15) is 25.8 Å². The van der Waals surface area contributed by atoms with Crippen LogP contribution in [-0.4, -0.2) is 124 Å². The fourth-order valence-corrected chi connectivity index (χ4v) is 9.02. The second-order valence-electron chi connectivity index (χ2n) is 17.2. The molecule has 0 atom stereocenters. The number of methoxy groups -OCH3 is 2. The summed E-state index contributed by atoms with van der Waals surface area (Å²) in [6.07, 6.45) is 7.84. The molecule has 14 nitrogen and oxygen atoms in total. The summed E-state index contributed by atoms with van der Waals surface area (Å²) < 4.78 is 39.6. The molecule has 1 aliphatic carbocycles. The first kappa shape index (κ1) is 45.1. The van der Waals surface area contributed by atoms with Crippen LogP contribution in [0, 0.1) is 0 Å². The van der Waals surface area contributed by atoms with Gasteiger partial charge in [0.25, 0.3) is 0 Å². The van der Waals surface area contributed by atoms with E-state index in [9.17, 15) is 4.79 Å². The van der Waals surface area contributed by atoms with Gasteiger partial charge < -0.3 is 33.3 Å². The predicted octanol–water partition coefficient (Wildman–Crippen LogP) is 7.63. The molecular weight excluding hydrogens is 827 g/mol. The van der Waals surface area contributed by atoms with E-state index in [1.165, 1.54) is 0 Å². The first-order valence-electron chi connectivity index (χ1n) is 19.9. The minimum absolute atomic E-state index is 0.00363. The number of rotatable bonds is 22. The maximum absolute atomic E-state index is 13.6. The van der Waals surface area contributed by atoms with Crippen molar-refractivity contribution in [1.82, 2.24) is 29.4 Å².